The van der Waals surface area contributed by atoms with E-state index in [-0.39, 0.29) is 0 Å². The van der Waals surface area contributed by atoms with Gasteiger partial charge in [0.15, 0.2) is 0 Å². The van der Waals surface area contributed by atoms with Crippen molar-refractivity contribution in [1.82, 2.24) is 5.32 Å². The largest absolute Gasteiger partial charge is 0.384 e. The lowest BCUT2D eigenvalue weighted by atomic mass is 10.1. The number of fused-ring (bicyclic) bond motifs is 1. The quantitative estimate of drug-likeness (QED) is 0.875. The van der Waals surface area contributed by atoms with Crippen molar-refractivity contribution >= 4 is 17.0 Å². The van der Waals surface area contributed by atoms with Gasteiger partial charge in [-0.05, 0) is 49.9 Å². The molecule has 0 saturated heterocycles. The zero-order chi connectivity index (χ0) is 13.9. The van der Waals surface area contributed by atoms with Crippen LogP contribution in [-0.4, -0.2) is 12.6 Å². The molecular weight excluding hydrogens is 264 g/mol. The van der Waals surface area contributed by atoms with Crippen molar-refractivity contribution in [1.29, 1.82) is 0 Å². The van der Waals surface area contributed by atoms with Crippen LogP contribution in [0.4, 0.5) is 5.69 Å². The van der Waals surface area contributed by atoms with Crippen molar-refractivity contribution < 1.29 is 0 Å². The van der Waals surface area contributed by atoms with E-state index in [4.69, 9.17) is 0 Å². The Balaban J connectivity index is 1.58. The first-order chi connectivity index (χ1) is 9.72. The molecule has 106 valence electrons. The van der Waals surface area contributed by atoms with Crippen molar-refractivity contribution in [2.75, 3.05) is 11.9 Å². The topological polar surface area (TPSA) is 24.1 Å². The number of hydrogen-bond donors (Lipinski definition) is 2. The van der Waals surface area contributed by atoms with Crippen molar-refractivity contribution in [2.45, 2.75) is 39.3 Å². The predicted octanol–water partition coefficient (Wildman–Crippen LogP) is 3.75. The molecule has 20 heavy (non-hydrogen) atoms. The third-order valence-corrected chi connectivity index (χ3v) is 4.90. The Labute approximate surface area is 125 Å². The molecule has 2 heterocycles. The smallest absolute Gasteiger partial charge is 0.0419 e. The number of para-hydroxylation sites is 1. The molecule has 0 amide bonds. The summed E-state index contributed by atoms with van der Waals surface area (Å²) >= 11 is 1.91. The highest BCUT2D eigenvalue weighted by molar-refractivity contribution is 7.11. The van der Waals surface area contributed by atoms with Crippen LogP contribution in [-0.2, 0) is 19.4 Å². The fourth-order valence-electron chi connectivity index (χ4n) is 2.81. The van der Waals surface area contributed by atoms with Crippen molar-refractivity contribution in [3.8, 4) is 0 Å². The lowest BCUT2D eigenvalue weighted by molar-refractivity contribution is 0.549. The number of aryl methyl sites for hydroxylation is 1. The van der Waals surface area contributed by atoms with Crippen molar-refractivity contribution in [3.63, 3.8) is 0 Å². The van der Waals surface area contributed by atoms with Crippen LogP contribution in [0, 0.1) is 6.92 Å². The normalized spacial score (nSPS) is 14.9. The highest BCUT2D eigenvalue weighted by atomic mass is 32.1. The predicted molar refractivity (Wildman–Crippen MR) is 87.7 cm³/mol. The first kappa shape index (κ1) is 13.7. The molecule has 1 aliphatic rings. The minimum absolute atomic E-state index is 0.505. The summed E-state index contributed by atoms with van der Waals surface area (Å²) in [5.41, 5.74) is 4.22. The minimum atomic E-state index is 0.505. The Morgan fingerprint density at radius 2 is 2.20 bits per heavy atom. The summed E-state index contributed by atoms with van der Waals surface area (Å²) < 4.78 is 0. The van der Waals surface area contributed by atoms with Gasteiger partial charge in [0, 0.05) is 34.6 Å². The van der Waals surface area contributed by atoms with E-state index in [9.17, 15) is 0 Å². The van der Waals surface area contributed by atoms with Crippen LogP contribution in [0.15, 0.2) is 30.3 Å². The average Bonchev–Trinajstić information content (AvgIpc) is 3.05. The standard InChI is InChI=1S/C17H22N2S/c1-12(10-16-7-6-13(2)20-16)19-11-15-5-3-4-14-8-9-18-17(14)15/h3-7,12,18-19H,8-11H2,1-2H3. The van der Waals surface area contributed by atoms with Crippen molar-refractivity contribution in [3.05, 3.63) is 51.2 Å². The molecule has 3 heteroatoms. The summed E-state index contributed by atoms with van der Waals surface area (Å²) in [5, 5.41) is 7.16. The van der Waals surface area contributed by atoms with E-state index < -0.39 is 0 Å². The summed E-state index contributed by atoms with van der Waals surface area (Å²) in [5.74, 6) is 0. The zero-order valence-electron chi connectivity index (χ0n) is 12.2. The Morgan fingerprint density at radius 3 is 3.00 bits per heavy atom. The number of rotatable bonds is 5. The highest BCUT2D eigenvalue weighted by Crippen LogP contribution is 2.26. The van der Waals surface area contributed by atoms with Crippen LogP contribution < -0.4 is 10.6 Å². The van der Waals surface area contributed by atoms with Crippen LogP contribution in [0.2, 0.25) is 0 Å². The molecule has 0 saturated carbocycles. The van der Waals surface area contributed by atoms with Gasteiger partial charge in [0.1, 0.15) is 0 Å². The molecule has 2 nitrogen and oxygen atoms in total. The van der Waals surface area contributed by atoms with Crippen LogP contribution in [0.1, 0.15) is 27.8 Å². The van der Waals surface area contributed by atoms with E-state index in [1.807, 2.05) is 11.3 Å². The van der Waals surface area contributed by atoms with Gasteiger partial charge in [0.25, 0.3) is 0 Å². The molecule has 0 radical (unpaired) electrons. The molecule has 0 aliphatic carbocycles. The summed E-state index contributed by atoms with van der Waals surface area (Å²) in [6.07, 6.45) is 2.27. The van der Waals surface area contributed by atoms with Gasteiger partial charge >= 0.3 is 0 Å². The molecule has 0 bridgehead atoms. The Kier molecular flexibility index (Phi) is 4.08. The molecule has 1 aromatic heterocycles. The molecule has 1 aliphatic heterocycles. The van der Waals surface area contributed by atoms with Gasteiger partial charge in [-0.2, -0.15) is 0 Å². The molecule has 1 atom stereocenters. The first-order valence-corrected chi connectivity index (χ1v) is 8.17. The molecule has 3 rings (SSSR count). The molecule has 2 N–H and O–H groups in total. The van der Waals surface area contributed by atoms with Crippen LogP contribution >= 0.6 is 11.3 Å². The van der Waals surface area contributed by atoms with Gasteiger partial charge < -0.3 is 10.6 Å². The molecule has 1 unspecified atom stereocenters. The van der Waals surface area contributed by atoms with E-state index in [0.29, 0.717) is 6.04 Å². The summed E-state index contributed by atoms with van der Waals surface area (Å²) in [6, 6.07) is 11.6. The number of benzene rings is 1. The fraction of sp³-hybridized carbons (Fsp3) is 0.412. The van der Waals surface area contributed by atoms with Gasteiger partial charge in [-0.15, -0.1) is 11.3 Å². The number of nitrogens with one attached hydrogen (secondary N) is 2. The second-order valence-corrected chi connectivity index (χ2v) is 7.00. The van der Waals surface area contributed by atoms with Crippen LogP contribution in [0.25, 0.3) is 0 Å². The van der Waals surface area contributed by atoms with E-state index in [0.717, 1.165) is 25.9 Å². The second kappa shape index (κ2) is 5.98. The monoisotopic (exact) mass is 286 g/mol. The molecule has 0 fully saturated rings. The number of thiophene rings is 1. The second-order valence-electron chi connectivity index (χ2n) is 5.63. The van der Waals surface area contributed by atoms with E-state index in [1.165, 1.54) is 26.6 Å². The molecular formula is C17H22N2S. The SMILES string of the molecule is Cc1ccc(CC(C)NCc2cccc3c2NCC3)s1. The lowest BCUT2D eigenvalue weighted by Crippen LogP contribution is -2.27. The van der Waals surface area contributed by atoms with Gasteiger partial charge in [-0.1, -0.05) is 18.2 Å². The first-order valence-electron chi connectivity index (χ1n) is 7.35. The van der Waals surface area contributed by atoms with Crippen LogP contribution in [0.3, 0.4) is 0 Å². The summed E-state index contributed by atoms with van der Waals surface area (Å²) in [6.45, 7) is 6.47. The van der Waals surface area contributed by atoms with Gasteiger partial charge in [-0.25, -0.2) is 0 Å². The van der Waals surface area contributed by atoms with Gasteiger partial charge in [0.2, 0.25) is 0 Å². The van der Waals surface area contributed by atoms with Crippen molar-refractivity contribution in [2.24, 2.45) is 0 Å². The molecule has 2 aromatic rings. The number of anilines is 1. The lowest BCUT2D eigenvalue weighted by Gasteiger charge is -2.15. The highest BCUT2D eigenvalue weighted by Gasteiger charge is 2.14. The molecule has 0 spiro atoms. The third kappa shape index (κ3) is 3.05. The zero-order valence-corrected chi connectivity index (χ0v) is 13.0. The van der Waals surface area contributed by atoms with Gasteiger partial charge in [-0.3, -0.25) is 0 Å². The summed E-state index contributed by atoms with van der Waals surface area (Å²) in [7, 11) is 0. The third-order valence-electron chi connectivity index (χ3n) is 3.88. The van der Waals surface area contributed by atoms with E-state index in [2.05, 4.69) is 54.8 Å². The fourth-order valence-corrected chi connectivity index (χ4v) is 3.83. The van der Waals surface area contributed by atoms with E-state index >= 15 is 0 Å². The van der Waals surface area contributed by atoms with Crippen LogP contribution in [0.5, 0.6) is 0 Å². The molecule has 1 aromatic carbocycles. The van der Waals surface area contributed by atoms with E-state index in [1.54, 1.807) is 0 Å². The number of hydrogen-bond acceptors (Lipinski definition) is 3. The maximum Gasteiger partial charge on any atom is 0.0419 e. The minimum Gasteiger partial charge on any atom is -0.384 e. The summed E-state index contributed by atoms with van der Waals surface area (Å²) in [4.78, 5) is 2.87. The van der Waals surface area contributed by atoms with Gasteiger partial charge in [0.05, 0.1) is 0 Å². The average molecular weight is 286 g/mol. The maximum absolute atomic E-state index is 3.65. The Morgan fingerprint density at radius 1 is 1.30 bits per heavy atom. The maximum atomic E-state index is 3.65. The Bertz CT molecular complexity index is 588. The Hall–Kier alpha value is -1.32.